The van der Waals surface area contributed by atoms with E-state index in [0.29, 0.717) is 17.9 Å². The van der Waals surface area contributed by atoms with Gasteiger partial charge in [0.25, 0.3) is 0 Å². The molecule has 0 amide bonds. The Labute approximate surface area is 243 Å². The Morgan fingerprint density at radius 1 is 0.829 bits per heavy atom. The van der Waals surface area contributed by atoms with Crippen molar-refractivity contribution < 1.29 is 48.0 Å². The van der Waals surface area contributed by atoms with E-state index in [9.17, 15) is 24.3 Å². The zero-order chi connectivity index (χ0) is 31.5. The van der Waals surface area contributed by atoms with Crippen molar-refractivity contribution in [3.63, 3.8) is 0 Å². The van der Waals surface area contributed by atoms with Gasteiger partial charge in [-0.3, -0.25) is 9.59 Å². The summed E-state index contributed by atoms with van der Waals surface area (Å²) in [6.07, 6.45) is -1.15. The SMILES string of the molecule is CC(C)CCC(=O)OCC(C)C(c1ccc(OC(=O)OCC(C)(C)C)c(OC(=O)OCC(C)(C)C)c1)[C@H](N)C(=O)O. The number of hydrogen-bond donors (Lipinski definition) is 2. The number of carbonyl (C=O) groups excluding carboxylic acids is 3. The molecule has 41 heavy (non-hydrogen) atoms. The standard InChI is InChI=1S/C30H47NO10/c1-18(2)10-13-23(32)37-15-19(3)24(25(31)26(33)34)20-11-12-21(40-27(35)38-16-29(4,5)6)22(14-20)41-28(36)39-17-30(7,8)9/h11-12,14,18-19,24-25H,10,13,15-17,31H2,1-9H3,(H,33,34)/t19?,24?,25-/m0/s1. The lowest BCUT2D eigenvalue weighted by Crippen LogP contribution is -2.40. The fourth-order valence-corrected chi connectivity index (χ4v) is 3.54. The van der Waals surface area contributed by atoms with E-state index in [1.807, 2.05) is 55.4 Å². The average molecular weight is 582 g/mol. The third-order valence-corrected chi connectivity index (χ3v) is 5.70. The molecule has 0 spiro atoms. The normalized spacial score (nSPS) is 14.0. The molecule has 0 heterocycles. The van der Waals surface area contributed by atoms with Crippen molar-refractivity contribution in [2.24, 2.45) is 28.4 Å². The molecule has 0 aliphatic carbocycles. The van der Waals surface area contributed by atoms with E-state index in [1.54, 1.807) is 6.92 Å². The van der Waals surface area contributed by atoms with Crippen LogP contribution in [0.3, 0.4) is 0 Å². The monoisotopic (exact) mass is 581 g/mol. The zero-order valence-corrected chi connectivity index (χ0v) is 25.8. The van der Waals surface area contributed by atoms with Gasteiger partial charge >= 0.3 is 24.2 Å². The first-order valence-electron chi connectivity index (χ1n) is 13.8. The summed E-state index contributed by atoms with van der Waals surface area (Å²) in [6, 6.07) is 2.83. The van der Waals surface area contributed by atoms with Crippen molar-refractivity contribution in [1.29, 1.82) is 0 Å². The Balaban J connectivity index is 3.32. The number of carboxylic acid groups (broad SMARTS) is 1. The lowest BCUT2D eigenvalue weighted by Gasteiger charge is -2.28. The quantitative estimate of drug-likeness (QED) is 0.162. The molecule has 11 heteroatoms. The van der Waals surface area contributed by atoms with Gasteiger partial charge in [0.2, 0.25) is 0 Å². The number of esters is 1. The van der Waals surface area contributed by atoms with E-state index >= 15 is 0 Å². The van der Waals surface area contributed by atoms with Crippen LogP contribution in [0, 0.1) is 22.7 Å². The van der Waals surface area contributed by atoms with Crippen molar-refractivity contribution in [2.75, 3.05) is 19.8 Å². The van der Waals surface area contributed by atoms with Gasteiger partial charge in [0.05, 0.1) is 19.8 Å². The van der Waals surface area contributed by atoms with Gasteiger partial charge in [0.1, 0.15) is 6.04 Å². The molecule has 0 aliphatic heterocycles. The molecule has 1 aromatic carbocycles. The largest absolute Gasteiger partial charge is 0.513 e. The minimum atomic E-state index is -1.39. The van der Waals surface area contributed by atoms with Gasteiger partial charge in [0.15, 0.2) is 11.5 Å². The predicted molar refractivity (Wildman–Crippen MR) is 152 cm³/mol. The number of hydrogen-bond acceptors (Lipinski definition) is 10. The molecule has 11 nitrogen and oxygen atoms in total. The number of carbonyl (C=O) groups is 4. The summed E-state index contributed by atoms with van der Waals surface area (Å²) >= 11 is 0. The molecule has 0 saturated carbocycles. The third-order valence-electron chi connectivity index (χ3n) is 5.70. The maximum atomic E-state index is 12.5. The number of carboxylic acids is 1. The molecule has 0 saturated heterocycles. The average Bonchev–Trinajstić information content (AvgIpc) is 2.84. The van der Waals surface area contributed by atoms with Crippen molar-refractivity contribution in [1.82, 2.24) is 0 Å². The van der Waals surface area contributed by atoms with Crippen LogP contribution < -0.4 is 15.2 Å². The minimum Gasteiger partial charge on any atom is -0.480 e. The molecule has 2 unspecified atom stereocenters. The van der Waals surface area contributed by atoms with Crippen LogP contribution in [0.2, 0.25) is 0 Å². The van der Waals surface area contributed by atoms with Gasteiger partial charge in [-0.2, -0.15) is 0 Å². The molecule has 0 aromatic heterocycles. The second-order valence-electron chi connectivity index (χ2n) is 13.1. The molecule has 1 rings (SSSR count). The highest BCUT2D eigenvalue weighted by molar-refractivity contribution is 5.75. The van der Waals surface area contributed by atoms with Crippen molar-refractivity contribution in [3.05, 3.63) is 23.8 Å². The second kappa shape index (κ2) is 15.6. The Morgan fingerprint density at radius 3 is 1.80 bits per heavy atom. The maximum absolute atomic E-state index is 12.5. The van der Waals surface area contributed by atoms with Gasteiger partial charge < -0.3 is 34.5 Å². The Morgan fingerprint density at radius 2 is 1.34 bits per heavy atom. The summed E-state index contributed by atoms with van der Waals surface area (Å²) in [5.41, 5.74) is 5.78. The van der Waals surface area contributed by atoms with Gasteiger partial charge in [-0.1, -0.05) is 68.4 Å². The van der Waals surface area contributed by atoms with E-state index in [-0.39, 0.29) is 48.6 Å². The molecule has 0 radical (unpaired) electrons. The van der Waals surface area contributed by atoms with E-state index < -0.39 is 42.1 Å². The Kier molecular flexibility index (Phi) is 13.6. The van der Waals surface area contributed by atoms with E-state index in [0.717, 1.165) is 0 Å². The summed E-state index contributed by atoms with van der Waals surface area (Å²) < 4.78 is 26.4. The number of benzene rings is 1. The van der Waals surface area contributed by atoms with Gasteiger partial charge in [0, 0.05) is 12.3 Å². The lowest BCUT2D eigenvalue weighted by molar-refractivity contribution is -0.145. The summed E-state index contributed by atoms with van der Waals surface area (Å²) in [4.78, 5) is 49.0. The van der Waals surface area contributed by atoms with Crippen molar-refractivity contribution >= 4 is 24.2 Å². The molecule has 0 fully saturated rings. The Hall–Kier alpha value is -3.34. The molecule has 3 N–H and O–H groups in total. The topological polar surface area (TPSA) is 161 Å². The van der Waals surface area contributed by atoms with Crippen LogP contribution in [0.15, 0.2) is 18.2 Å². The predicted octanol–water partition coefficient (Wildman–Crippen LogP) is 5.92. The first-order valence-corrected chi connectivity index (χ1v) is 13.8. The molecule has 0 aliphatic rings. The summed E-state index contributed by atoms with van der Waals surface area (Å²) in [5, 5.41) is 9.72. The number of ether oxygens (including phenoxy) is 5. The summed E-state index contributed by atoms with van der Waals surface area (Å²) in [5.74, 6) is -3.07. The van der Waals surface area contributed by atoms with Crippen LogP contribution in [-0.4, -0.2) is 55.2 Å². The van der Waals surface area contributed by atoms with Crippen molar-refractivity contribution in [2.45, 2.75) is 87.1 Å². The van der Waals surface area contributed by atoms with Gasteiger partial charge in [-0.25, -0.2) is 9.59 Å². The van der Waals surface area contributed by atoms with Crippen LogP contribution in [-0.2, 0) is 23.8 Å². The molecular formula is C30H47NO10. The highest BCUT2D eigenvalue weighted by Gasteiger charge is 2.33. The zero-order valence-electron chi connectivity index (χ0n) is 25.8. The fourth-order valence-electron chi connectivity index (χ4n) is 3.54. The lowest BCUT2D eigenvalue weighted by atomic mass is 9.82. The van der Waals surface area contributed by atoms with Gasteiger partial charge in [-0.15, -0.1) is 0 Å². The van der Waals surface area contributed by atoms with E-state index in [2.05, 4.69) is 0 Å². The summed E-state index contributed by atoms with van der Waals surface area (Å²) in [7, 11) is 0. The smallest absolute Gasteiger partial charge is 0.480 e. The Bertz CT molecular complexity index is 1040. The van der Waals surface area contributed by atoms with Crippen LogP contribution in [0.25, 0.3) is 0 Å². The number of aliphatic carboxylic acids is 1. The molecule has 1 aromatic rings. The maximum Gasteiger partial charge on any atom is 0.513 e. The summed E-state index contributed by atoms with van der Waals surface area (Å²) in [6.45, 7) is 17.0. The van der Waals surface area contributed by atoms with Crippen LogP contribution in [0.5, 0.6) is 11.5 Å². The molecule has 232 valence electrons. The third kappa shape index (κ3) is 14.2. The van der Waals surface area contributed by atoms with E-state index in [4.69, 9.17) is 29.4 Å². The highest BCUT2D eigenvalue weighted by atomic mass is 16.7. The second-order valence-corrected chi connectivity index (χ2v) is 13.1. The molecule has 3 atom stereocenters. The minimum absolute atomic E-state index is 0.0566. The van der Waals surface area contributed by atoms with Crippen molar-refractivity contribution in [3.8, 4) is 11.5 Å². The van der Waals surface area contributed by atoms with Gasteiger partial charge in [-0.05, 0) is 46.8 Å². The van der Waals surface area contributed by atoms with Crippen LogP contribution in [0.1, 0.15) is 86.6 Å². The number of nitrogens with two attached hydrogens (primary N) is 1. The molecule has 0 bridgehead atoms. The highest BCUT2D eigenvalue weighted by Crippen LogP contribution is 2.36. The first-order chi connectivity index (χ1) is 18.8. The first kappa shape index (κ1) is 35.7. The van der Waals surface area contributed by atoms with Crippen LogP contribution >= 0.6 is 0 Å². The molecular weight excluding hydrogens is 534 g/mol. The fraction of sp³-hybridized carbons (Fsp3) is 0.667. The van der Waals surface area contributed by atoms with Crippen LogP contribution in [0.4, 0.5) is 9.59 Å². The van der Waals surface area contributed by atoms with E-state index in [1.165, 1.54) is 18.2 Å². The number of rotatable bonds is 13.